The Kier molecular flexibility index (Phi) is 19.3. The zero-order valence-corrected chi connectivity index (χ0v) is 42.7. The smallest absolute Gasteiger partial charge is 0.369 e. The molecule has 0 aromatic heterocycles. The average molecular weight is 1200 g/mol. The highest BCUT2D eigenvalue weighted by Gasteiger charge is 2.19. The van der Waals surface area contributed by atoms with E-state index in [1.54, 1.807) is 48.5 Å². The van der Waals surface area contributed by atoms with E-state index in [1.165, 1.54) is 87.0 Å². The molecule has 0 bridgehead atoms. The van der Waals surface area contributed by atoms with Crippen molar-refractivity contribution >= 4 is 142 Å². The molecular weight excluding hydrogens is 1170 g/mol. The van der Waals surface area contributed by atoms with Crippen LogP contribution in [0.2, 0.25) is 20.1 Å². The first-order valence-electron chi connectivity index (χ1n) is 18.4. The number of halogens is 13. The zero-order valence-electron chi connectivity index (χ0n) is 33.5. The molecule has 65 heavy (non-hydrogen) atoms. The van der Waals surface area contributed by atoms with Crippen molar-refractivity contribution in [2.45, 2.75) is 0 Å². The van der Waals surface area contributed by atoms with E-state index >= 15 is 0 Å². The summed E-state index contributed by atoms with van der Waals surface area (Å²) >= 11 is 42.9. The normalized spacial score (nSPS) is 10.6. The van der Waals surface area contributed by atoms with Crippen molar-refractivity contribution in [1.29, 1.82) is 0 Å². The van der Waals surface area contributed by atoms with Crippen LogP contribution in [0.5, 0.6) is 23.0 Å². The molecule has 336 valence electrons. The van der Waals surface area contributed by atoms with E-state index in [9.17, 15) is 27.8 Å². The zero-order chi connectivity index (χ0) is 47.7. The van der Waals surface area contributed by atoms with Crippen molar-refractivity contribution in [2.24, 2.45) is 0 Å². The second kappa shape index (κ2) is 23.9. The number of benzene rings is 8. The van der Waals surface area contributed by atoms with Crippen molar-refractivity contribution in [3.8, 4) is 67.5 Å². The summed E-state index contributed by atoms with van der Waals surface area (Å²) in [4.78, 5) is 0. The Morgan fingerprint density at radius 1 is 0.415 bits per heavy atom. The topological polar surface area (TPSA) is 58.9 Å². The number of fused-ring (bicyclic) bond motifs is 2. The fraction of sp³-hybridized carbons (Fsp3) is 0.0638. The molecule has 4 nitrogen and oxygen atoms in total. The van der Waals surface area contributed by atoms with Crippen molar-refractivity contribution in [3.63, 3.8) is 0 Å². The van der Waals surface area contributed by atoms with E-state index in [-0.39, 0.29) is 42.3 Å². The van der Waals surface area contributed by atoms with Gasteiger partial charge in [0.25, 0.3) is 0 Å². The average Bonchev–Trinajstić information content (AvgIpc) is 3.26. The highest BCUT2D eigenvalue weighted by Crippen LogP contribution is 2.43. The van der Waals surface area contributed by atoms with E-state index in [4.69, 9.17) is 79.1 Å². The number of hydrogen-bond donors (Lipinski definition) is 2. The number of rotatable bonds is 6. The largest absolute Gasteiger partial charge is 0.507 e. The molecule has 0 fully saturated rings. The summed E-state index contributed by atoms with van der Waals surface area (Å²) in [5, 5.41) is 25.0. The fourth-order valence-electron chi connectivity index (χ4n) is 6.64. The molecule has 8 aromatic rings. The van der Waals surface area contributed by atoms with Crippen LogP contribution in [0.3, 0.4) is 0 Å². The third-order valence-electron chi connectivity index (χ3n) is 9.42. The van der Waals surface area contributed by atoms with Gasteiger partial charge in [0.1, 0.15) is 46.3 Å². The lowest BCUT2D eigenvalue weighted by molar-refractivity contribution is 0.415. The summed E-state index contributed by atoms with van der Waals surface area (Å²) in [7, 11) is 3.03. The maximum absolute atomic E-state index is 14.5. The van der Waals surface area contributed by atoms with Crippen LogP contribution >= 0.6 is 117 Å². The first-order chi connectivity index (χ1) is 30.9. The molecule has 0 spiro atoms. The minimum absolute atomic E-state index is 0.135. The molecule has 0 amide bonds. The van der Waals surface area contributed by atoms with Gasteiger partial charge in [0, 0.05) is 64.6 Å². The van der Waals surface area contributed by atoms with E-state index in [0.29, 0.717) is 64.6 Å². The standard InChI is InChI=1S/C24H16Cl2F2O2.C22H12Cl2F2O2.CH2Cl2.BBr3/c1-29-23-9-14-10-24(30-2)20(18-12-16(26)4-6-22(18)28)8-13(14)7-19(23)17-11-15(25)3-5-21(17)27;23-13-1-3-19(25)15(9-13)17-5-11-6-18(16-10-14(24)2-4-20(16)26)22(28)8-12(11)7-21(17)27;2-1-3;2-1(3)4/h3-12H,1-2H3;1-10,27-28H;1H2;. The quantitative estimate of drug-likeness (QED) is 0.0990. The predicted octanol–water partition coefficient (Wildman–Crippen LogP) is 18.5. The van der Waals surface area contributed by atoms with Gasteiger partial charge < -0.3 is 19.7 Å². The minimum Gasteiger partial charge on any atom is -0.507 e. The third kappa shape index (κ3) is 13.3. The van der Waals surface area contributed by atoms with Gasteiger partial charge in [0.05, 0.1) is 19.6 Å². The molecule has 0 saturated heterocycles. The second-order valence-electron chi connectivity index (χ2n) is 13.4. The van der Waals surface area contributed by atoms with E-state index in [1.807, 2.05) is 0 Å². The number of phenolic OH excluding ortho intramolecular Hbond substituents is 2. The number of methoxy groups -OCH3 is 2. The van der Waals surface area contributed by atoms with Gasteiger partial charge in [-0.05, 0) is 143 Å². The fourth-order valence-corrected chi connectivity index (χ4v) is 7.33. The number of alkyl halides is 2. The van der Waals surface area contributed by atoms with Gasteiger partial charge in [0.2, 0.25) is 0 Å². The van der Waals surface area contributed by atoms with Gasteiger partial charge >= 0.3 is 3.18 Å². The second-order valence-corrected chi connectivity index (χ2v) is 22.4. The van der Waals surface area contributed by atoms with Crippen LogP contribution < -0.4 is 9.47 Å². The molecule has 0 unspecified atom stereocenters. The van der Waals surface area contributed by atoms with Crippen LogP contribution in [0.25, 0.3) is 66.1 Å². The Hall–Kier alpha value is -3.56. The molecule has 0 aliphatic heterocycles. The highest BCUT2D eigenvalue weighted by atomic mass is 79.9. The molecule has 2 N–H and O–H groups in total. The highest BCUT2D eigenvalue weighted by molar-refractivity contribution is 9.69. The molecule has 0 saturated carbocycles. The van der Waals surface area contributed by atoms with Crippen molar-refractivity contribution in [1.82, 2.24) is 0 Å². The first-order valence-corrected chi connectivity index (χ1v) is 23.8. The molecule has 8 aromatic carbocycles. The van der Waals surface area contributed by atoms with Gasteiger partial charge in [-0.3, -0.25) is 0 Å². The van der Waals surface area contributed by atoms with E-state index in [0.717, 1.165) is 10.8 Å². The van der Waals surface area contributed by atoms with Gasteiger partial charge in [-0.15, -0.1) is 70.5 Å². The van der Waals surface area contributed by atoms with Gasteiger partial charge in [-0.25, -0.2) is 17.6 Å². The molecule has 0 aliphatic carbocycles. The number of hydrogen-bond acceptors (Lipinski definition) is 4. The van der Waals surface area contributed by atoms with Gasteiger partial charge in [-0.1, -0.05) is 46.4 Å². The molecule has 8 rings (SSSR count). The van der Waals surface area contributed by atoms with Crippen LogP contribution in [0, 0.1) is 23.3 Å². The van der Waals surface area contributed by atoms with Gasteiger partial charge in [0.15, 0.2) is 0 Å². The summed E-state index contributed by atoms with van der Waals surface area (Å²) in [5.74, 6) is -1.32. The number of phenols is 2. The molecule has 0 atom stereocenters. The van der Waals surface area contributed by atoms with Crippen LogP contribution in [0.4, 0.5) is 17.6 Å². The van der Waals surface area contributed by atoms with Crippen molar-refractivity contribution < 1.29 is 37.2 Å². The Morgan fingerprint density at radius 2 is 0.646 bits per heavy atom. The summed E-state index contributed by atoms with van der Waals surface area (Å²) in [6, 6.07) is 29.8. The third-order valence-corrected chi connectivity index (χ3v) is 10.4. The molecule has 18 heteroatoms. The summed E-state index contributed by atoms with van der Waals surface area (Å²) in [6.07, 6.45) is 0. The van der Waals surface area contributed by atoms with Crippen LogP contribution in [-0.4, -0.2) is 33.0 Å². The minimum atomic E-state index is -0.543. The predicted molar refractivity (Wildman–Crippen MR) is 275 cm³/mol. The van der Waals surface area contributed by atoms with E-state index < -0.39 is 23.3 Å². The maximum atomic E-state index is 14.5. The number of ether oxygens (including phenoxy) is 2. The summed E-state index contributed by atoms with van der Waals surface area (Å²) in [6.45, 7) is 0. The lowest BCUT2D eigenvalue weighted by Gasteiger charge is -2.15. The molecular formula is C47H30BBr3Cl6F4O4. The van der Waals surface area contributed by atoms with Crippen LogP contribution in [0.15, 0.2) is 121 Å². The Bertz CT molecular complexity index is 2820. The van der Waals surface area contributed by atoms with E-state index in [2.05, 4.69) is 47.3 Å². The first kappa shape index (κ1) is 52.4. The Morgan fingerprint density at radius 3 is 0.923 bits per heavy atom. The molecule has 0 heterocycles. The van der Waals surface area contributed by atoms with Gasteiger partial charge in [-0.2, -0.15) is 0 Å². The summed E-state index contributed by atoms with van der Waals surface area (Å²) in [5.41, 5.74) is 2.43. The molecule has 0 aliphatic rings. The lowest BCUT2D eigenvalue weighted by Crippen LogP contribution is -1.94. The van der Waals surface area contributed by atoms with Crippen LogP contribution in [-0.2, 0) is 0 Å². The van der Waals surface area contributed by atoms with Crippen molar-refractivity contribution in [2.75, 3.05) is 19.6 Å². The SMILES string of the molecule is BrB(Br)Br.COc1cc2cc(OC)c(-c3cc(Cl)ccc3F)cc2cc1-c1cc(Cl)ccc1F.ClCCl.Oc1cc2cc(O)c(-c3cc(Cl)ccc3F)cc2cc1-c1cc(Cl)ccc1F. The number of aromatic hydroxyl groups is 2. The Balaban J connectivity index is 0.000000214. The summed E-state index contributed by atoms with van der Waals surface area (Å²) < 4.78 is 68.9. The Labute approximate surface area is 426 Å². The monoisotopic (exact) mass is 1190 g/mol. The molecule has 0 radical (unpaired) electrons. The maximum Gasteiger partial charge on any atom is 0.369 e. The lowest BCUT2D eigenvalue weighted by atomic mass is 9.95. The van der Waals surface area contributed by atoms with Crippen molar-refractivity contribution in [3.05, 3.63) is 165 Å². The van der Waals surface area contributed by atoms with Crippen LogP contribution in [0.1, 0.15) is 0 Å².